The summed E-state index contributed by atoms with van der Waals surface area (Å²) in [6.07, 6.45) is 1.95. The molecule has 1 fully saturated rings. The molecular weight excluding hydrogens is 272 g/mol. The van der Waals surface area contributed by atoms with Gasteiger partial charge in [0.05, 0.1) is 16.5 Å². The highest BCUT2D eigenvalue weighted by Gasteiger charge is 2.34. The van der Waals surface area contributed by atoms with Gasteiger partial charge in [0.25, 0.3) is 0 Å². The molecule has 0 aromatic heterocycles. The van der Waals surface area contributed by atoms with Crippen molar-refractivity contribution >= 4 is 10.0 Å². The van der Waals surface area contributed by atoms with Crippen molar-refractivity contribution in [3.05, 3.63) is 29.3 Å². The first kappa shape index (κ1) is 15.0. The van der Waals surface area contributed by atoms with Crippen LogP contribution in [0.25, 0.3) is 0 Å². The van der Waals surface area contributed by atoms with E-state index in [2.05, 4.69) is 6.92 Å². The van der Waals surface area contributed by atoms with Crippen LogP contribution in [0.5, 0.6) is 0 Å². The maximum Gasteiger partial charge on any atom is 0.243 e. The van der Waals surface area contributed by atoms with Crippen LogP contribution in [0.4, 0.5) is 0 Å². The van der Waals surface area contributed by atoms with E-state index in [1.807, 2.05) is 13.0 Å². The Morgan fingerprint density at radius 3 is 2.65 bits per heavy atom. The summed E-state index contributed by atoms with van der Waals surface area (Å²) in [5.41, 5.74) is 1.07. The van der Waals surface area contributed by atoms with Crippen LogP contribution in [0.2, 0.25) is 0 Å². The first-order valence-corrected chi connectivity index (χ1v) is 8.33. The molecule has 0 radical (unpaired) electrons. The third-order valence-electron chi connectivity index (χ3n) is 3.96. The zero-order valence-corrected chi connectivity index (χ0v) is 12.9. The lowest BCUT2D eigenvalue weighted by Gasteiger charge is -2.36. The standard InChI is InChI=1S/C15H20N2O2S/c1-11-4-6-13(3)17(10-11)20(18,19)15-8-14(9-16)7-5-12(15)2/h5,7-8,11,13H,4,6,10H2,1-3H3. The number of nitrogens with zero attached hydrogens (tertiary/aromatic N) is 2. The fourth-order valence-electron chi connectivity index (χ4n) is 2.66. The summed E-state index contributed by atoms with van der Waals surface area (Å²) in [6, 6.07) is 6.85. The van der Waals surface area contributed by atoms with Gasteiger partial charge in [0.15, 0.2) is 0 Å². The summed E-state index contributed by atoms with van der Waals surface area (Å²) in [6.45, 7) is 6.35. The lowest BCUT2D eigenvalue weighted by atomic mass is 9.97. The number of aryl methyl sites for hydroxylation is 1. The number of hydrogen-bond donors (Lipinski definition) is 0. The van der Waals surface area contributed by atoms with Crippen molar-refractivity contribution in [1.29, 1.82) is 5.26 Å². The van der Waals surface area contributed by atoms with Gasteiger partial charge in [-0.3, -0.25) is 0 Å². The molecule has 5 heteroatoms. The van der Waals surface area contributed by atoms with E-state index in [0.717, 1.165) is 12.8 Å². The molecule has 1 aliphatic heterocycles. The molecule has 1 aromatic carbocycles. The van der Waals surface area contributed by atoms with E-state index in [1.165, 1.54) is 6.07 Å². The van der Waals surface area contributed by atoms with Crippen LogP contribution >= 0.6 is 0 Å². The van der Waals surface area contributed by atoms with Gasteiger partial charge >= 0.3 is 0 Å². The van der Waals surface area contributed by atoms with Crippen molar-refractivity contribution in [2.24, 2.45) is 5.92 Å². The van der Waals surface area contributed by atoms with Crippen molar-refractivity contribution in [2.75, 3.05) is 6.54 Å². The number of hydrogen-bond acceptors (Lipinski definition) is 3. The number of piperidine rings is 1. The van der Waals surface area contributed by atoms with Crippen molar-refractivity contribution in [3.8, 4) is 6.07 Å². The Balaban J connectivity index is 2.47. The van der Waals surface area contributed by atoms with Gasteiger partial charge < -0.3 is 0 Å². The topological polar surface area (TPSA) is 61.2 Å². The maximum absolute atomic E-state index is 12.8. The third-order valence-corrected chi connectivity index (χ3v) is 6.09. The largest absolute Gasteiger partial charge is 0.243 e. The Kier molecular flexibility index (Phi) is 4.17. The number of benzene rings is 1. The quantitative estimate of drug-likeness (QED) is 0.842. The Hall–Kier alpha value is -1.38. The van der Waals surface area contributed by atoms with E-state index in [1.54, 1.807) is 23.4 Å². The summed E-state index contributed by atoms with van der Waals surface area (Å²) in [7, 11) is -3.53. The van der Waals surface area contributed by atoms with E-state index >= 15 is 0 Å². The number of rotatable bonds is 2. The molecule has 1 heterocycles. The molecule has 1 aromatic rings. The molecule has 1 saturated heterocycles. The average molecular weight is 292 g/mol. The smallest absolute Gasteiger partial charge is 0.207 e. The van der Waals surface area contributed by atoms with Crippen molar-refractivity contribution in [2.45, 2.75) is 44.6 Å². The molecular formula is C15H20N2O2S. The van der Waals surface area contributed by atoms with E-state index in [-0.39, 0.29) is 10.9 Å². The highest BCUT2D eigenvalue weighted by atomic mass is 32.2. The van der Waals surface area contributed by atoms with Crippen LogP contribution in [0.1, 0.15) is 37.8 Å². The monoisotopic (exact) mass is 292 g/mol. The summed E-state index contributed by atoms with van der Waals surface area (Å²) in [4.78, 5) is 0.262. The minimum Gasteiger partial charge on any atom is -0.207 e. The van der Waals surface area contributed by atoms with Gasteiger partial charge in [-0.1, -0.05) is 13.0 Å². The second kappa shape index (κ2) is 5.55. The molecule has 0 aliphatic carbocycles. The zero-order chi connectivity index (χ0) is 14.9. The fraction of sp³-hybridized carbons (Fsp3) is 0.533. The Labute approximate surface area is 121 Å². The molecule has 4 nitrogen and oxygen atoms in total. The van der Waals surface area contributed by atoms with Gasteiger partial charge in [0.2, 0.25) is 10.0 Å². The van der Waals surface area contributed by atoms with Gasteiger partial charge in [-0.2, -0.15) is 9.57 Å². The minimum atomic E-state index is -3.53. The predicted molar refractivity (Wildman–Crippen MR) is 77.6 cm³/mol. The van der Waals surface area contributed by atoms with Crippen LogP contribution in [-0.4, -0.2) is 25.3 Å². The summed E-state index contributed by atoms with van der Waals surface area (Å²) < 4.78 is 27.3. The van der Waals surface area contributed by atoms with Crippen LogP contribution in [-0.2, 0) is 10.0 Å². The van der Waals surface area contributed by atoms with E-state index < -0.39 is 10.0 Å². The van der Waals surface area contributed by atoms with Gasteiger partial charge in [-0.25, -0.2) is 8.42 Å². The molecule has 0 amide bonds. The minimum absolute atomic E-state index is 0.0151. The first-order valence-electron chi connectivity index (χ1n) is 6.89. The van der Waals surface area contributed by atoms with E-state index in [0.29, 0.717) is 23.6 Å². The van der Waals surface area contributed by atoms with Crippen molar-refractivity contribution in [3.63, 3.8) is 0 Å². The van der Waals surface area contributed by atoms with Crippen LogP contribution in [0, 0.1) is 24.2 Å². The third kappa shape index (κ3) is 2.72. The molecule has 0 saturated carbocycles. The second-order valence-corrected chi connectivity index (χ2v) is 7.56. The molecule has 2 rings (SSSR count). The summed E-state index contributed by atoms with van der Waals surface area (Å²) in [5, 5.41) is 8.96. The lowest BCUT2D eigenvalue weighted by Crippen LogP contribution is -2.45. The molecule has 2 atom stereocenters. The molecule has 0 spiro atoms. The highest BCUT2D eigenvalue weighted by Crippen LogP contribution is 2.29. The van der Waals surface area contributed by atoms with Gasteiger partial charge in [0.1, 0.15) is 0 Å². The van der Waals surface area contributed by atoms with Crippen LogP contribution in [0.15, 0.2) is 23.1 Å². The summed E-state index contributed by atoms with van der Waals surface area (Å²) in [5.74, 6) is 0.375. The fourth-order valence-corrected chi connectivity index (χ4v) is 4.69. The normalized spacial score (nSPS) is 24.3. The van der Waals surface area contributed by atoms with Gasteiger partial charge in [-0.15, -0.1) is 0 Å². The molecule has 108 valence electrons. The Morgan fingerprint density at radius 1 is 1.30 bits per heavy atom. The summed E-state index contributed by atoms with van der Waals surface area (Å²) >= 11 is 0. The number of sulfonamides is 1. The molecule has 0 bridgehead atoms. The SMILES string of the molecule is Cc1ccc(C#N)cc1S(=O)(=O)N1CC(C)CCC1C. The average Bonchev–Trinajstić information content (AvgIpc) is 2.41. The van der Waals surface area contributed by atoms with Crippen molar-refractivity contribution in [1.82, 2.24) is 4.31 Å². The Morgan fingerprint density at radius 2 is 2.00 bits per heavy atom. The van der Waals surface area contributed by atoms with E-state index in [9.17, 15) is 8.42 Å². The molecule has 2 unspecified atom stereocenters. The first-order chi connectivity index (χ1) is 9.36. The lowest BCUT2D eigenvalue weighted by molar-refractivity contribution is 0.218. The van der Waals surface area contributed by atoms with Gasteiger partial charge in [-0.05, 0) is 50.3 Å². The van der Waals surface area contributed by atoms with Crippen molar-refractivity contribution < 1.29 is 8.42 Å². The number of nitriles is 1. The molecule has 0 N–H and O–H groups in total. The second-order valence-electron chi connectivity index (χ2n) is 5.70. The Bertz CT molecular complexity index is 646. The van der Waals surface area contributed by atoms with Gasteiger partial charge in [0, 0.05) is 12.6 Å². The van der Waals surface area contributed by atoms with Crippen LogP contribution < -0.4 is 0 Å². The highest BCUT2D eigenvalue weighted by molar-refractivity contribution is 7.89. The van der Waals surface area contributed by atoms with E-state index in [4.69, 9.17) is 5.26 Å². The maximum atomic E-state index is 12.8. The predicted octanol–water partition coefficient (Wildman–Crippen LogP) is 2.68. The molecule has 20 heavy (non-hydrogen) atoms. The zero-order valence-electron chi connectivity index (χ0n) is 12.1. The van der Waals surface area contributed by atoms with Crippen LogP contribution in [0.3, 0.4) is 0 Å². The molecule has 1 aliphatic rings.